The van der Waals surface area contributed by atoms with Gasteiger partial charge in [0.25, 0.3) is 5.91 Å². The molecule has 2 aliphatic heterocycles. The van der Waals surface area contributed by atoms with E-state index >= 15 is 0 Å². The van der Waals surface area contributed by atoms with Gasteiger partial charge in [0.2, 0.25) is 0 Å². The van der Waals surface area contributed by atoms with Crippen LogP contribution >= 0.6 is 11.6 Å². The van der Waals surface area contributed by atoms with E-state index in [-0.39, 0.29) is 5.91 Å². The summed E-state index contributed by atoms with van der Waals surface area (Å²) in [6.07, 6.45) is 5.23. The number of hydrogen-bond acceptors (Lipinski definition) is 5. The Bertz CT molecular complexity index is 1290. The molecule has 2 heterocycles. The molecule has 0 unspecified atom stereocenters. The minimum atomic E-state index is -0.0741. The third kappa shape index (κ3) is 7.01. The molecule has 204 valence electrons. The first-order chi connectivity index (χ1) is 19.1. The van der Waals surface area contributed by atoms with Gasteiger partial charge in [0, 0.05) is 63.0 Å². The van der Waals surface area contributed by atoms with Crippen molar-refractivity contribution in [2.45, 2.75) is 12.8 Å². The highest BCUT2D eigenvalue weighted by atomic mass is 35.5. The molecule has 39 heavy (non-hydrogen) atoms. The topological polar surface area (TPSA) is 45.3 Å². The molecule has 5 rings (SSSR count). The van der Waals surface area contributed by atoms with E-state index in [2.05, 4.69) is 40.1 Å². The van der Waals surface area contributed by atoms with Gasteiger partial charge in [-0.3, -0.25) is 9.69 Å². The zero-order chi connectivity index (χ0) is 27.0. The van der Waals surface area contributed by atoms with E-state index in [1.165, 1.54) is 5.56 Å². The molecule has 0 aliphatic carbocycles. The van der Waals surface area contributed by atoms with Gasteiger partial charge in [-0.1, -0.05) is 60.1 Å². The number of anilines is 1. The molecule has 0 aromatic heterocycles. The van der Waals surface area contributed by atoms with Gasteiger partial charge in [0.15, 0.2) is 11.5 Å². The number of hydrogen-bond donors (Lipinski definition) is 0. The number of ether oxygens (including phenoxy) is 2. The molecule has 7 heteroatoms. The number of carbonyl (C=O) groups excluding carboxylic acids is 1. The Morgan fingerprint density at radius 3 is 2.36 bits per heavy atom. The number of nitrogens with zero attached hydrogens (tertiary/aromatic N) is 3. The maximum absolute atomic E-state index is 13.0. The van der Waals surface area contributed by atoms with Crippen molar-refractivity contribution >= 4 is 29.3 Å². The summed E-state index contributed by atoms with van der Waals surface area (Å²) in [7, 11) is 1.66. The van der Waals surface area contributed by atoms with Crippen LogP contribution in [0.4, 0.5) is 5.69 Å². The van der Waals surface area contributed by atoms with Crippen LogP contribution in [0.2, 0.25) is 5.02 Å². The van der Waals surface area contributed by atoms with Gasteiger partial charge in [0.05, 0.1) is 12.8 Å². The number of carbonyl (C=O) groups is 1. The fraction of sp³-hybridized carbons (Fsp3) is 0.344. The van der Waals surface area contributed by atoms with E-state index < -0.39 is 0 Å². The van der Waals surface area contributed by atoms with Crippen molar-refractivity contribution in [1.82, 2.24) is 9.80 Å². The molecule has 0 radical (unpaired) electrons. The minimum absolute atomic E-state index is 0.0741. The number of benzene rings is 3. The molecule has 0 atom stereocenters. The van der Waals surface area contributed by atoms with Crippen LogP contribution in [0.5, 0.6) is 11.5 Å². The molecule has 3 aromatic rings. The minimum Gasteiger partial charge on any atom is -0.493 e. The Balaban J connectivity index is 1.13. The fourth-order valence-corrected chi connectivity index (χ4v) is 5.41. The predicted octanol–water partition coefficient (Wildman–Crippen LogP) is 5.19. The molecule has 0 bridgehead atoms. The number of fused-ring (bicyclic) bond motifs is 1. The Labute approximate surface area is 236 Å². The van der Waals surface area contributed by atoms with Crippen LogP contribution in [0.1, 0.15) is 16.7 Å². The number of amides is 1. The van der Waals surface area contributed by atoms with E-state index in [0.717, 1.165) is 68.9 Å². The SMILES string of the molecule is COc1cc2c(cc1OCCN1CCN(CCc3ccccc3)CC1)N(C(=O)/C=C/c1ccccc1Cl)CC2. The quantitative estimate of drug-likeness (QED) is 0.328. The lowest BCUT2D eigenvalue weighted by atomic mass is 10.1. The first-order valence-electron chi connectivity index (χ1n) is 13.7. The van der Waals surface area contributed by atoms with Gasteiger partial charge in [-0.05, 0) is 47.7 Å². The molecule has 2 aliphatic rings. The first-order valence-corrected chi connectivity index (χ1v) is 14.0. The van der Waals surface area contributed by atoms with Crippen LogP contribution in [0.15, 0.2) is 72.8 Å². The normalized spacial score (nSPS) is 16.0. The van der Waals surface area contributed by atoms with Crippen molar-refractivity contribution in [1.29, 1.82) is 0 Å². The summed E-state index contributed by atoms with van der Waals surface area (Å²) in [4.78, 5) is 19.8. The summed E-state index contributed by atoms with van der Waals surface area (Å²) < 4.78 is 11.8. The summed E-state index contributed by atoms with van der Waals surface area (Å²) in [6, 6.07) is 22.1. The zero-order valence-electron chi connectivity index (χ0n) is 22.5. The van der Waals surface area contributed by atoms with Crippen molar-refractivity contribution in [3.63, 3.8) is 0 Å². The zero-order valence-corrected chi connectivity index (χ0v) is 23.3. The molecule has 0 saturated carbocycles. The Morgan fingerprint density at radius 2 is 1.62 bits per heavy atom. The largest absolute Gasteiger partial charge is 0.493 e. The Kier molecular flexibility index (Phi) is 9.19. The van der Waals surface area contributed by atoms with Crippen LogP contribution in [0.3, 0.4) is 0 Å². The number of rotatable bonds is 10. The van der Waals surface area contributed by atoms with Crippen LogP contribution in [-0.4, -0.2) is 75.2 Å². The maximum atomic E-state index is 13.0. The third-order valence-corrected chi connectivity index (χ3v) is 7.87. The van der Waals surface area contributed by atoms with Crippen LogP contribution in [-0.2, 0) is 17.6 Å². The van der Waals surface area contributed by atoms with E-state index in [1.54, 1.807) is 24.2 Å². The van der Waals surface area contributed by atoms with Crippen molar-refractivity contribution in [3.8, 4) is 11.5 Å². The number of halogens is 1. The second kappa shape index (κ2) is 13.2. The molecular weight excluding hydrogens is 510 g/mol. The Hall–Kier alpha value is -3.32. The lowest BCUT2D eigenvalue weighted by Crippen LogP contribution is -2.47. The summed E-state index contributed by atoms with van der Waals surface area (Å²) in [5, 5.41) is 0.623. The van der Waals surface area contributed by atoms with E-state index in [0.29, 0.717) is 29.7 Å². The second-order valence-corrected chi connectivity index (χ2v) is 10.4. The van der Waals surface area contributed by atoms with Gasteiger partial charge >= 0.3 is 0 Å². The monoisotopic (exact) mass is 545 g/mol. The molecule has 6 nitrogen and oxygen atoms in total. The molecule has 1 amide bonds. The number of methoxy groups -OCH3 is 1. The lowest BCUT2D eigenvalue weighted by Gasteiger charge is -2.34. The maximum Gasteiger partial charge on any atom is 0.251 e. The summed E-state index contributed by atoms with van der Waals surface area (Å²) in [5.41, 5.74) is 4.19. The van der Waals surface area contributed by atoms with Crippen molar-refractivity contribution < 1.29 is 14.3 Å². The van der Waals surface area contributed by atoms with Crippen molar-refractivity contribution in [2.24, 2.45) is 0 Å². The second-order valence-electron chi connectivity index (χ2n) is 9.99. The van der Waals surface area contributed by atoms with Gasteiger partial charge in [-0.25, -0.2) is 0 Å². The van der Waals surface area contributed by atoms with Gasteiger partial charge in [-0.15, -0.1) is 0 Å². The molecule has 0 spiro atoms. The van der Waals surface area contributed by atoms with Crippen LogP contribution in [0.25, 0.3) is 6.08 Å². The van der Waals surface area contributed by atoms with E-state index in [4.69, 9.17) is 21.1 Å². The molecule has 3 aromatic carbocycles. The molecule has 0 N–H and O–H groups in total. The average Bonchev–Trinajstić information content (AvgIpc) is 3.39. The summed E-state index contributed by atoms with van der Waals surface area (Å²) >= 11 is 6.24. The van der Waals surface area contributed by atoms with Crippen molar-refractivity contribution in [3.05, 3.63) is 94.5 Å². The third-order valence-electron chi connectivity index (χ3n) is 7.53. The Morgan fingerprint density at radius 1 is 0.897 bits per heavy atom. The predicted molar refractivity (Wildman–Crippen MR) is 158 cm³/mol. The first kappa shape index (κ1) is 27.3. The molecule has 1 saturated heterocycles. The van der Waals surface area contributed by atoms with Crippen LogP contribution in [0, 0.1) is 0 Å². The van der Waals surface area contributed by atoms with E-state index in [9.17, 15) is 4.79 Å². The summed E-state index contributed by atoms with van der Waals surface area (Å²) in [6.45, 7) is 7.39. The van der Waals surface area contributed by atoms with Crippen LogP contribution < -0.4 is 14.4 Å². The molecular formula is C32H36ClN3O3. The van der Waals surface area contributed by atoms with E-state index in [1.807, 2.05) is 36.4 Å². The molecule has 1 fully saturated rings. The number of piperazine rings is 1. The highest BCUT2D eigenvalue weighted by molar-refractivity contribution is 6.32. The van der Waals surface area contributed by atoms with Gasteiger partial charge < -0.3 is 19.3 Å². The lowest BCUT2D eigenvalue weighted by molar-refractivity contribution is -0.114. The highest BCUT2D eigenvalue weighted by Gasteiger charge is 2.26. The summed E-state index contributed by atoms with van der Waals surface area (Å²) in [5.74, 6) is 1.31. The highest BCUT2D eigenvalue weighted by Crippen LogP contribution is 2.39. The van der Waals surface area contributed by atoms with Crippen molar-refractivity contribution in [2.75, 3.05) is 64.4 Å². The average molecular weight is 546 g/mol. The fourth-order valence-electron chi connectivity index (χ4n) is 5.21. The smallest absolute Gasteiger partial charge is 0.251 e. The van der Waals surface area contributed by atoms with Gasteiger partial charge in [0.1, 0.15) is 6.61 Å². The van der Waals surface area contributed by atoms with Gasteiger partial charge in [-0.2, -0.15) is 0 Å². The standard InChI is InChI=1S/C32H36ClN3O3/c1-38-30-23-27-14-16-36(32(37)12-11-26-9-5-6-10-28(26)33)29(27)24-31(30)39-22-21-35-19-17-34(18-20-35)15-13-25-7-3-2-4-8-25/h2-12,23-24H,13-22H2,1H3/b12-11+.